The molecule has 0 amide bonds. The van der Waals surface area contributed by atoms with E-state index in [0.717, 1.165) is 26.5 Å². The summed E-state index contributed by atoms with van der Waals surface area (Å²) in [7, 11) is 0. The number of aryl methyl sites for hydroxylation is 2. The molecule has 2 N–H and O–H groups in total. The Labute approximate surface area is 161 Å². The number of ether oxygens (including phenoxy) is 1. The van der Waals surface area contributed by atoms with Crippen LogP contribution < -0.4 is 10.1 Å². The van der Waals surface area contributed by atoms with Crippen LogP contribution in [0.2, 0.25) is 0 Å². The quantitative estimate of drug-likeness (QED) is 0.557. The molecule has 1 aromatic heterocycles. The van der Waals surface area contributed by atoms with Gasteiger partial charge in [0.1, 0.15) is 12.4 Å². The van der Waals surface area contributed by atoms with Gasteiger partial charge in [0.05, 0.1) is 6.10 Å². The normalized spacial score (nSPS) is 12.0. The van der Waals surface area contributed by atoms with Crippen molar-refractivity contribution in [1.29, 1.82) is 0 Å². The predicted molar refractivity (Wildman–Crippen MR) is 108 cm³/mol. The van der Waals surface area contributed by atoms with Gasteiger partial charge >= 0.3 is 0 Å². The van der Waals surface area contributed by atoms with Crippen molar-refractivity contribution in [2.24, 2.45) is 0 Å². The molecule has 7 heteroatoms. The summed E-state index contributed by atoms with van der Waals surface area (Å²) in [6, 6.07) is 15.9. The largest absolute Gasteiger partial charge is 0.491 e. The minimum atomic E-state index is -0.572. The van der Waals surface area contributed by atoms with Crippen LogP contribution in [-0.2, 0) is 0 Å². The highest BCUT2D eigenvalue weighted by molar-refractivity contribution is 8.01. The highest BCUT2D eigenvalue weighted by Crippen LogP contribution is 2.28. The Balaban J connectivity index is 1.45. The number of aromatic nitrogens is 2. The first-order chi connectivity index (χ1) is 12.6. The Bertz CT molecular complexity index is 854. The van der Waals surface area contributed by atoms with Gasteiger partial charge in [0.2, 0.25) is 5.13 Å². The minimum absolute atomic E-state index is 0.254. The van der Waals surface area contributed by atoms with Gasteiger partial charge in [0.25, 0.3) is 0 Å². The van der Waals surface area contributed by atoms with E-state index in [-0.39, 0.29) is 6.61 Å². The zero-order chi connectivity index (χ0) is 18.4. The van der Waals surface area contributed by atoms with Crippen molar-refractivity contribution in [3.05, 3.63) is 59.7 Å². The van der Waals surface area contributed by atoms with Crippen LogP contribution in [0, 0.1) is 13.8 Å². The number of thioether (sulfide) groups is 1. The van der Waals surface area contributed by atoms with E-state index in [1.54, 1.807) is 0 Å². The fraction of sp³-hybridized carbons (Fsp3) is 0.263. The van der Waals surface area contributed by atoms with Crippen LogP contribution in [0.25, 0.3) is 0 Å². The number of anilines is 2. The standard InChI is InChI=1S/C19H21N3O2S2/c1-13-5-3-7-15(9-13)20-18-21-22-19(26-18)25-12-16(23)11-24-17-8-4-6-14(2)10-17/h3-10,16,23H,11-12H2,1-2H3,(H,20,21)/t16-/m1/s1. The second-order valence-electron chi connectivity index (χ2n) is 5.96. The number of aliphatic hydroxyl groups is 1. The predicted octanol–water partition coefficient (Wildman–Crippen LogP) is 4.43. The lowest BCUT2D eigenvalue weighted by Gasteiger charge is -2.11. The van der Waals surface area contributed by atoms with Crippen molar-refractivity contribution in [2.45, 2.75) is 24.3 Å². The monoisotopic (exact) mass is 387 g/mol. The fourth-order valence-corrected chi connectivity index (χ4v) is 3.98. The molecular formula is C19H21N3O2S2. The van der Waals surface area contributed by atoms with Crippen molar-refractivity contribution < 1.29 is 9.84 Å². The molecule has 1 atom stereocenters. The Hall–Kier alpha value is -2.09. The lowest BCUT2D eigenvalue weighted by molar-refractivity contribution is 0.126. The first kappa shape index (κ1) is 18.7. The van der Waals surface area contributed by atoms with Gasteiger partial charge in [0.15, 0.2) is 4.34 Å². The minimum Gasteiger partial charge on any atom is -0.491 e. The molecule has 3 aromatic rings. The fourth-order valence-electron chi connectivity index (χ4n) is 2.28. The van der Waals surface area contributed by atoms with E-state index in [1.807, 2.05) is 56.3 Å². The van der Waals surface area contributed by atoms with Crippen LogP contribution in [0.3, 0.4) is 0 Å². The molecule has 0 spiro atoms. The number of benzene rings is 2. The van der Waals surface area contributed by atoms with Gasteiger partial charge in [-0.1, -0.05) is 47.4 Å². The number of nitrogens with one attached hydrogen (secondary N) is 1. The maximum atomic E-state index is 10.1. The summed E-state index contributed by atoms with van der Waals surface area (Å²) in [4.78, 5) is 0. The van der Waals surface area contributed by atoms with Gasteiger partial charge in [-0.2, -0.15) is 0 Å². The third-order valence-electron chi connectivity index (χ3n) is 3.51. The Morgan fingerprint density at radius 3 is 2.65 bits per heavy atom. The topological polar surface area (TPSA) is 67.3 Å². The molecule has 1 heterocycles. The van der Waals surface area contributed by atoms with Crippen molar-refractivity contribution in [3.63, 3.8) is 0 Å². The molecule has 0 fully saturated rings. The zero-order valence-corrected chi connectivity index (χ0v) is 16.3. The second kappa shape index (κ2) is 9.02. The van der Waals surface area contributed by atoms with Crippen LogP contribution in [0.5, 0.6) is 5.75 Å². The van der Waals surface area contributed by atoms with Crippen LogP contribution >= 0.6 is 23.1 Å². The molecule has 0 aliphatic rings. The lowest BCUT2D eigenvalue weighted by Crippen LogP contribution is -2.20. The van der Waals surface area contributed by atoms with E-state index in [2.05, 4.69) is 21.6 Å². The van der Waals surface area contributed by atoms with Crippen molar-refractivity contribution >= 4 is 33.9 Å². The van der Waals surface area contributed by atoms with Crippen LogP contribution in [0.15, 0.2) is 52.9 Å². The molecule has 0 saturated carbocycles. The van der Waals surface area contributed by atoms with Gasteiger partial charge in [-0.15, -0.1) is 10.2 Å². The molecule has 0 bridgehead atoms. The number of aliphatic hydroxyl groups excluding tert-OH is 1. The van der Waals surface area contributed by atoms with Crippen molar-refractivity contribution in [1.82, 2.24) is 10.2 Å². The Morgan fingerprint density at radius 2 is 1.88 bits per heavy atom. The first-order valence-corrected chi connectivity index (χ1v) is 10.1. The average Bonchev–Trinajstić information content (AvgIpc) is 3.06. The van der Waals surface area contributed by atoms with E-state index in [4.69, 9.17) is 4.74 Å². The molecule has 0 aliphatic heterocycles. The SMILES string of the molecule is Cc1cccc(Nc2nnc(SC[C@H](O)COc3cccc(C)c3)s2)c1. The van der Waals surface area contributed by atoms with Gasteiger partial charge in [-0.3, -0.25) is 0 Å². The highest BCUT2D eigenvalue weighted by atomic mass is 32.2. The maximum Gasteiger partial charge on any atom is 0.210 e. The molecule has 0 radical (unpaired) electrons. The van der Waals surface area contributed by atoms with Gasteiger partial charge < -0.3 is 15.2 Å². The molecule has 0 aliphatic carbocycles. The lowest BCUT2D eigenvalue weighted by atomic mass is 10.2. The third kappa shape index (κ3) is 5.72. The van der Waals surface area contributed by atoms with E-state index in [1.165, 1.54) is 28.7 Å². The molecule has 2 aromatic carbocycles. The molecule has 3 rings (SSSR count). The van der Waals surface area contributed by atoms with Crippen LogP contribution in [-0.4, -0.2) is 33.8 Å². The van der Waals surface area contributed by atoms with Crippen LogP contribution in [0.4, 0.5) is 10.8 Å². The van der Waals surface area contributed by atoms with Gasteiger partial charge in [0, 0.05) is 11.4 Å². The molecule has 26 heavy (non-hydrogen) atoms. The number of hydrogen-bond acceptors (Lipinski definition) is 7. The first-order valence-electron chi connectivity index (χ1n) is 8.26. The number of nitrogens with zero attached hydrogens (tertiary/aromatic N) is 2. The Kier molecular flexibility index (Phi) is 6.49. The summed E-state index contributed by atoms with van der Waals surface area (Å²) in [5, 5.41) is 22.4. The van der Waals surface area contributed by atoms with E-state index < -0.39 is 6.10 Å². The summed E-state index contributed by atoms with van der Waals surface area (Å²) >= 11 is 2.95. The smallest absolute Gasteiger partial charge is 0.210 e. The second-order valence-corrected chi connectivity index (χ2v) is 8.20. The van der Waals surface area contributed by atoms with E-state index in [9.17, 15) is 5.11 Å². The third-order valence-corrected chi connectivity index (χ3v) is 5.62. The Morgan fingerprint density at radius 1 is 1.12 bits per heavy atom. The van der Waals surface area contributed by atoms with Crippen LogP contribution in [0.1, 0.15) is 11.1 Å². The molecule has 0 saturated heterocycles. The molecule has 5 nitrogen and oxygen atoms in total. The number of hydrogen-bond donors (Lipinski definition) is 2. The summed E-state index contributed by atoms with van der Waals surface area (Å²) in [6.07, 6.45) is -0.572. The molecular weight excluding hydrogens is 366 g/mol. The summed E-state index contributed by atoms with van der Waals surface area (Å²) < 4.78 is 6.44. The molecule has 0 unspecified atom stereocenters. The summed E-state index contributed by atoms with van der Waals surface area (Å²) in [6.45, 7) is 4.31. The summed E-state index contributed by atoms with van der Waals surface area (Å²) in [5.74, 6) is 1.28. The summed E-state index contributed by atoms with van der Waals surface area (Å²) in [5.41, 5.74) is 3.31. The number of rotatable bonds is 8. The average molecular weight is 388 g/mol. The highest BCUT2D eigenvalue weighted by Gasteiger charge is 2.10. The van der Waals surface area contributed by atoms with Gasteiger partial charge in [-0.25, -0.2) is 0 Å². The zero-order valence-electron chi connectivity index (χ0n) is 14.7. The van der Waals surface area contributed by atoms with Gasteiger partial charge in [-0.05, 0) is 49.2 Å². The van der Waals surface area contributed by atoms with E-state index >= 15 is 0 Å². The maximum absolute atomic E-state index is 10.1. The van der Waals surface area contributed by atoms with Crippen molar-refractivity contribution in [2.75, 3.05) is 17.7 Å². The van der Waals surface area contributed by atoms with Crippen molar-refractivity contribution in [3.8, 4) is 5.75 Å². The molecule has 136 valence electrons. The van der Waals surface area contributed by atoms with E-state index in [0.29, 0.717) is 5.75 Å².